The first kappa shape index (κ1) is 22.2. The second-order valence-corrected chi connectivity index (χ2v) is 9.39. The Bertz CT molecular complexity index is 1840. The highest BCUT2D eigenvalue weighted by molar-refractivity contribution is 5.97. The van der Waals surface area contributed by atoms with E-state index in [0.29, 0.717) is 45.2 Å². The van der Waals surface area contributed by atoms with Gasteiger partial charge in [-0.05, 0) is 37.1 Å². The van der Waals surface area contributed by atoms with Gasteiger partial charge < -0.3 is 10.3 Å². The van der Waals surface area contributed by atoms with Crippen LogP contribution in [0.1, 0.15) is 19.3 Å². The number of hydrogen-bond donors (Lipinski definition) is 3. The molecule has 186 valence electrons. The number of hydrogen-bond acceptors (Lipinski definition) is 6. The van der Waals surface area contributed by atoms with E-state index < -0.39 is 0 Å². The molecule has 0 aliphatic heterocycles. The molecule has 5 heterocycles. The zero-order chi connectivity index (χ0) is 25.6. The van der Waals surface area contributed by atoms with Gasteiger partial charge in [-0.1, -0.05) is 24.6 Å². The number of fused-ring (bicyclic) bond motifs is 2. The van der Waals surface area contributed by atoms with Crippen molar-refractivity contribution < 1.29 is 9.18 Å². The number of carbonyl (C=O) groups is 1. The third-order valence-corrected chi connectivity index (χ3v) is 7.01. The summed E-state index contributed by atoms with van der Waals surface area (Å²) < 4.78 is 14.5. The molecule has 9 nitrogen and oxygen atoms in total. The van der Waals surface area contributed by atoms with E-state index in [1.165, 1.54) is 6.07 Å². The Balaban J connectivity index is 1.27. The quantitative estimate of drug-likeness (QED) is 0.285. The van der Waals surface area contributed by atoms with E-state index in [1.54, 1.807) is 49.1 Å². The SMILES string of the molecule is O=C(Nc1cncc(-c2cc3c(-c4nc5nccc(-c6ccccc6F)c5[nH]4)n[nH]c3cn2)c1)C1CCC1. The van der Waals surface area contributed by atoms with Crippen LogP contribution in [-0.2, 0) is 4.79 Å². The summed E-state index contributed by atoms with van der Waals surface area (Å²) >= 11 is 0. The Morgan fingerprint density at radius 2 is 1.92 bits per heavy atom. The molecule has 0 atom stereocenters. The summed E-state index contributed by atoms with van der Waals surface area (Å²) in [6.07, 6.45) is 9.61. The summed E-state index contributed by atoms with van der Waals surface area (Å²) in [7, 11) is 0. The Morgan fingerprint density at radius 3 is 2.76 bits per heavy atom. The van der Waals surface area contributed by atoms with Crippen molar-refractivity contribution in [2.24, 2.45) is 5.92 Å². The number of aromatic amines is 2. The number of amides is 1. The Morgan fingerprint density at radius 1 is 1.03 bits per heavy atom. The van der Waals surface area contributed by atoms with E-state index in [2.05, 4.69) is 40.4 Å². The summed E-state index contributed by atoms with van der Waals surface area (Å²) in [6, 6.07) is 12.1. The number of benzene rings is 1. The lowest BCUT2D eigenvalue weighted by molar-refractivity contribution is -0.122. The van der Waals surface area contributed by atoms with Gasteiger partial charge in [0, 0.05) is 40.4 Å². The molecule has 0 saturated heterocycles. The molecule has 1 aliphatic rings. The summed E-state index contributed by atoms with van der Waals surface area (Å²) in [4.78, 5) is 33.6. The smallest absolute Gasteiger partial charge is 0.227 e. The predicted molar refractivity (Wildman–Crippen MR) is 141 cm³/mol. The number of pyridine rings is 3. The zero-order valence-corrected chi connectivity index (χ0v) is 20.1. The van der Waals surface area contributed by atoms with Crippen LogP contribution in [0, 0.1) is 11.7 Å². The Kier molecular flexibility index (Phi) is 5.17. The molecule has 1 saturated carbocycles. The van der Waals surface area contributed by atoms with Crippen LogP contribution in [0.4, 0.5) is 10.1 Å². The molecule has 1 aromatic carbocycles. The second kappa shape index (κ2) is 8.84. The van der Waals surface area contributed by atoms with E-state index in [0.717, 1.165) is 35.7 Å². The largest absolute Gasteiger partial charge is 0.335 e. The van der Waals surface area contributed by atoms with Crippen molar-refractivity contribution in [1.29, 1.82) is 0 Å². The molecule has 10 heteroatoms. The van der Waals surface area contributed by atoms with Crippen molar-refractivity contribution in [2.45, 2.75) is 19.3 Å². The fraction of sp³-hybridized carbons (Fsp3) is 0.143. The van der Waals surface area contributed by atoms with Gasteiger partial charge in [0.1, 0.15) is 11.5 Å². The number of nitrogens with one attached hydrogen (secondary N) is 3. The minimum atomic E-state index is -0.322. The third-order valence-electron chi connectivity index (χ3n) is 7.01. The predicted octanol–water partition coefficient (Wildman–Crippen LogP) is 5.50. The van der Waals surface area contributed by atoms with Crippen molar-refractivity contribution >= 4 is 33.7 Å². The molecular formula is C28H21FN8O. The highest BCUT2D eigenvalue weighted by atomic mass is 19.1. The monoisotopic (exact) mass is 504 g/mol. The van der Waals surface area contributed by atoms with Gasteiger partial charge in [0.05, 0.1) is 34.8 Å². The van der Waals surface area contributed by atoms with Gasteiger partial charge in [0.25, 0.3) is 0 Å². The number of halogens is 1. The van der Waals surface area contributed by atoms with Crippen LogP contribution in [-0.4, -0.2) is 41.0 Å². The Labute approximate surface area is 215 Å². The average molecular weight is 505 g/mol. The van der Waals surface area contributed by atoms with E-state index in [9.17, 15) is 9.18 Å². The van der Waals surface area contributed by atoms with Gasteiger partial charge in [-0.3, -0.25) is 19.9 Å². The minimum Gasteiger partial charge on any atom is -0.335 e. The van der Waals surface area contributed by atoms with Crippen molar-refractivity contribution in [2.75, 3.05) is 5.32 Å². The van der Waals surface area contributed by atoms with E-state index >= 15 is 0 Å². The fourth-order valence-electron chi connectivity index (χ4n) is 4.75. The first-order chi connectivity index (χ1) is 18.6. The maximum absolute atomic E-state index is 14.5. The summed E-state index contributed by atoms with van der Waals surface area (Å²) in [5.74, 6) is 0.291. The van der Waals surface area contributed by atoms with Gasteiger partial charge in [-0.15, -0.1) is 0 Å². The first-order valence-corrected chi connectivity index (χ1v) is 12.3. The number of H-pyrrole nitrogens is 2. The lowest BCUT2D eigenvalue weighted by Gasteiger charge is -2.24. The van der Waals surface area contributed by atoms with Gasteiger partial charge in [-0.25, -0.2) is 14.4 Å². The lowest BCUT2D eigenvalue weighted by atomic mass is 9.85. The first-order valence-electron chi connectivity index (χ1n) is 12.3. The summed E-state index contributed by atoms with van der Waals surface area (Å²) in [5.41, 5.74) is 5.61. The molecule has 1 fully saturated rings. The molecule has 0 spiro atoms. The molecule has 1 amide bonds. The maximum Gasteiger partial charge on any atom is 0.227 e. The van der Waals surface area contributed by atoms with Crippen molar-refractivity contribution in [1.82, 2.24) is 35.1 Å². The maximum atomic E-state index is 14.5. The highest BCUT2D eigenvalue weighted by Gasteiger charge is 2.25. The topological polar surface area (TPSA) is 125 Å². The molecule has 0 unspecified atom stereocenters. The fourth-order valence-corrected chi connectivity index (χ4v) is 4.75. The Hall–Kier alpha value is -4.99. The van der Waals surface area contributed by atoms with Crippen molar-refractivity contribution in [3.63, 3.8) is 0 Å². The van der Waals surface area contributed by atoms with Crippen LogP contribution >= 0.6 is 0 Å². The number of imidazole rings is 1. The van der Waals surface area contributed by atoms with Crippen LogP contribution in [0.15, 0.2) is 67.3 Å². The number of nitrogens with zero attached hydrogens (tertiary/aromatic N) is 5. The minimum absolute atomic E-state index is 0.0315. The second-order valence-electron chi connectivity index (χ2n) is 9.39. The summed E-state index contributed by atoms with van der Waals surface area (Å²) in [6.45, 7) is 0. The van der Waals surface area contributed by atoms with Gasteiger partial charge in [0.15, 0.2) is 11.5 Å². The molecular weight excluding hydrogens is 483 g/mol. The number of anilines is 1. The summed E-state index contributed by atoms with van der Waals surface area (Å²) in [5, 5.41) is 11.2. The molecule has 6 aromatic rings. The number of rotatable bonds is 5. The van der Waals surface area contributed by atoms with Crippen LogP contribution in [0.3, 0.4) is 0 Å². The molecule has 0 radical (unpaired) electrons. The van der Waals surface area contributed by atoms with E-state index in [-0.39, 0.29) is 17.6 Å². The highest BCUT2D eigenvalue weighted by Crippen LogP contribution is 2.33. The molecule has 38 heavy (non-hydrogen) atoms. The lowest BCUT2D eigenvalue weighted by Crippen LogP contribution is -2.28. The number of carbonyl (C=O) groups excluding carboxylic acids is 1. The van der Waals surface area contributed by atoms with E-state index in [4.69, 9.17) is 0 Å². The number of aromatic nitrogens is 7. The van der Waals surface area contributed by atoms with Gasteiger partial charge >= 0.3 is 0 Å². The van der Waals surface area contributed by atoms with Crippen LogP contribution in [0.5, 0.6) is 0 Å². The van der Waals surface area contributed by atoms with Crippen LogP contribution < -0.4 is 5.32 Å². The average Bonchev–Trinajstić information content (AvgIpc) is 3.52. The molecule has 3 N–H and O–H groups in total. The van der Waals surface area contributed by atoms with Crippen molar-refractivity contribution in [3.8, 4) is 33.9 Å². The standard InChI is InChI=1S/C28H21FN8O/c29-21-7-2-1-6-18(21)19-8-9-31-26-24(19)34-27(35-26)25-20-11-22(32-14-23(20)36-37-25)16-10-17(13-30-12-16)33-28(38)15-4-3-5-15/h1-2,6-15H,3-5H2,(H,33,38)(H,36,37)(H,31,34,35). The van der Waals surface area contributed by atoms with Gasteiger partial charge in [0.2, 0.25) is 5.91 Å². The van der Waals surface area contributed by atoms with E-state index in [1.807, 2.05) is 12.1 Å². The molecule has 0 bridgehead atoms. The zero-order valence-electron chi connectivity index (χ0n) is 20.1. The van der Waals surface area contributed by atoms with Crippen LogP contribution in [0.25, 0.3) is 56.0 Å². The normalized spacial score (nSPS) is 13.6. The molecule has 7 rings (SSSR count). The van der Waals surface area contributed by atoms with Gasteiger partial charge in [-0.2, -0.15) is 5.10 Å². The van der Waals surface area contributed by atoms with Crippen molar-refractivity contribution in [3.05, 3.63) is 73.1 Å². The third kappa shape index (κ3) is 3.78. The molecule has 5 aromatic heterocycles. The molecule has 1 aliphatic carbocycles. The van der Waals surface area contributed by atoms with Crippen LogP contribution in [0.2, 0.25) is 0 Å².